The van der Waals surface area contributed by atoms with Gasteiger partial charge in [-0.05, 0) is 5.92 Å². The van der Waals surface area contributed by atoms with Crippen molar-refractivity contribution in [2.75, 3.05) is 0 Å². The summed E-state index contributed by atoms with van der Waals surface area (Å²) in [6.45, 7) is 10.2. The first-order valence-corrected chi connectivity index (χ1v) is 4.92. The van der Waals surface area contributed by atoms with Crippen molar-refractivity contribution in [3.05, 3.63) is 11.7 Å². The molecule has 4 nitrogen and oxygen atoms in total. The molecule has 0 spiro atoms. The molecule has 0 aromatic carbocycles. The largest absolute Gasteiger partial charge is 0.338 e. The van der Waals surface area contributed by atoms with Crippen molar-refractivity contribution < 1.29 is 4.52 Å². The summed E-state index contributed by atoms with van der Waals surface area (Å²) < 4.78 is 5.13. The second kappa shape index (κ2) is 3.69. The zero-order valence-corrected chi connectivity index (χ0v) is 9.53. The molecule has 0 aliphatic carbocycles. The van der Waals surface area contributed by atoms with Crippen LogP contribution in [0.15, 0.2) is 4.52 Å². The monoisotopic (exact) mass is 197 g/mol. The van der Waals surface area contributed by atoms with Crippen molar-refractivity contribution >= 4 is 0 Å². The SMILES string of the molecule is CC(C)[C@@H](N)c1nc(C(C)(C)C)no1. The third-order valence-electron chi connectivity index (χ3n) is 2.12. The first-order chi connectivity index (χ1) is 6.32. The van der Waals surface area contributed by atoms with E-state index in [4.69, 9.17) is 10.3 Å². The summed E-state index contributed by atoms with van der Waals surface area (Å²) in [7, 11) is 0. The minimum atomic E-state index is -0.168. The molecule has 0 unspecified atom stereocenters. The Morgan fingerprint density at radius 3 is 2.21 bits per heavy atom. The maximum atomic E-state index is 5.90. The van der Waals surface area contributed by atoms with E-state index in [1.165, 1.54) is 0 Å². The van der Waals surface area contributed by atoms with Crippen LogP contribution in [-0.4, -0.2) is 10.1 Å². The molecule has 0 radical (unpaired) electrons. The fourth-order valence-corrected chi connectivity index (χ4v) is 0.960. The highest BCUT2D eigenvalue weighted by atomic mass is 16.5. The summed E-state index contributed by atoms with van der Waals surface area (Å²) in [5.41, 5.74) is 5.81. The van der Waals surface area contributed by atoms with Crippen LogP contribution in [0.5, 0.6) is 0 Å². The van der Waals surface area contributed by atoms with Crippen LogP contribution in [0.4, 0.5) is 0 Å². The predicted molar refractivity (Wildman–Crippen MR) is 54.8 cm³/mol. The Hall–Kier alpha value is -0.900. The van der Waals surface area contributed by atoms with Crippen molar-refractivity contribution in [3.63, 3.8) is 0 Å². The summed E-state index contributed by atoms with van der Waals surface area (Å²) in [6, 6.07) is -0.168. The molecule has 0 amide bonds. The third kappa shape index (κ3) is 2.32. The molecule has 1 aromatic rings. The van der Waals surface area contributed by atoms with Gasteiger partial charge in [0.25, 0.3) is 0 Å². The van der Waals surface area contributed by atoms with Crippen LogP contribution < -0.4 is 5.73 Å². The van der Waals surface area contributed by atoms with E-state index in [2.05, 4.69) is 10.1 Å². The standard InChI is InChI=1S/C10H19N3O/c1-6(2)7(11)8-12-9(13-14-8)10(3,4)5/h6-7H,11H2,1-5H3/t7-/m1/s1. The lowest BCUT2D eigenvalue weighted by molar-refractivity contribution is 0.318. The highest BCUT2D eigenvalue weighted by Gasteiger charge is 2.24. The van der Waals surface area contributed by atoms with Gasteiger partial charge in [0.05, 0.1) is 6.04 Å². The summed E-state index contributed by atoms with van der Waals surface area (Å²) in [6.07, 6.45) is 0. The average Bonchev–Trinajstić information content (AvgIpc) is 2.49. The number of hydrogen-bond donors (Lipinski definition) is 1. The normalized spacial score (nSPS) is 14.8. The van der Waals surface area contributed by atoms with Gasteiger partial charge in [-0.2, -0.15) is 4.98 Å². The van der Waals surface area contributed by atoms with E-state index < -0.39 is 0 Å². The zero-order valence-electron chi connectivity index (χ0n) is 9.53. The van der Waals surface area contributed by atoms with Gasteiger partial charge in [0, 0.05) is 5.41 Å². The van der Waals surface area contributed by atoms with Crippen LogP contribution in [0.2, 0.25) is 0 Å². The van der Waals surface area contributed by atoms with Crippen LogP contribution in [-0.2, 0) is 5.41 Å². The molecule has 0 aliphatic rings. The highest BCUT2D eigenvalue weighted by Crippen LogP contribution is 2.22. The smallest absolute Gasteiger partial charge is 0.243 e. The van der Waals surface area contributed by atoms with E-state index in [1.54, 1.807) is 0 Å². The van der Waals surface area contributed by atoms with Crippen LogP contribution >= 0.6 is 0 Å². The predicted octanol–water partition coefficient (Wildman–Crippen LogP) is 2.02. The quantitative estimate of drug-likeness (QED) is 0.787. The van der Waals surface area contributed by atoms with E-state index in [9.17, 15) is 0 Å². The minimum Gasteiger partial charge on any atom is -0.338 e. The van der Waals surface area contributed by atoms with Gasteiger partial charge in [-0.3, -0.25) is 0 Å². The van der Waals surface area contributed by atoms with Gasteiger partial charge in [0.2, 0.25) is 5.89 Å². The average molecular weight is 197 g/mol. The van der Waals surface area contributed by atoms with Gasteiger partial charge in [-0.15, -0.1) is 0 Å². The van der Waals surface area contributed by atoms with Gasteiger partial charge in [0.1, 0.15) is 0 Å². The Balaban J connectivity index is 2.89. The number of nitrogens with two attached hydrogens (primary N) is 1. The Morgan fingerprint density at radius 2 is 1.86 bits per heavy atom. The molecule has 1 aromatic heterocycles. The molecule has 80 valence electrons. The molecular formula is C10H19N3O. The Labute approximate surface area is 84.9 Å². The summed E-state index contributed by atoms with van der Waals surface area (Å²) >= 11 is 0. The summed E-state index contributed by atoms with van der Waals surface area (Å²) in [5, 5.41) is 3.92. The van der Waals surface area contributed by atoms with Crippen LogP contribution in [0, 0.1) is 5.92 Å². The molecule has 1 atom stereocenters. The fraction of sp³-hybridized carbons (Fsp3) is 0.800. The number of nitrogens with zero attached hydrogens (tertiary/aromatic N) is 2. The lowest BCUT2D eigenvalue weighted by Crippen LogP contribution is -2.18. The van der Waals surface area contributed by atoms with Crippen molar-refractivity contribution in [1.82, 2.24) is 10.1 Å². The van der Waals surface area contributed by atoms with Gasteiger partial charge in [-0.25, -0.2) is 0 Å². The maximum absolute atomic E-state index is 5.90. The molecule has 0 bridgehead atoms. The maximum Gasteiger partial charge on any atom is 0.243 e. The first-order valence-electron chi connectivity index (χ1n) is 4.92. The number of rotatable bonds is 2. The topological polar surface area (TPSA) is 64.9 Å². The van der Waals surface area contributed by atoms with Crippen LogP contribution in [0.25, 0.3) is 0 Å². The third-order valence-corrected chi connectivity index (χ3v) is 2.12. The van der Waals surface area contributed by atoms with Gasteiger partial charge >= 0.3 is 0 Å². The summed E-state index contributed by atoms with van der Waals surface area (Å²) in [4.78, 5) is 4.30. The molecule has 1 heterocycles. The lowest BCUT2D eigenvalue weighted by atomic mass is 9.96. The van der Waals surface area contributed by atoms with Crippen molar-refractivity contribution in [1.29, 1.82) is 0 Å². The Kier molecular flexibility index (Phi) is 2.95. The van der Waals surface area contributed by atoms with Crippen LogP contribution in [0.3, 0.4) is 0 Å². The molecule has 0 aliphatic heterocycles. The number of aromatic nitrogens is 2. The number of hydrogen-bond acceptors (Lipinski definition) is 4. The van der Waals surface area contributed by atoms with Crippen LogP contribution in [0.1, 0.15) is 52.4 Å². The molecule has 0 fully saturated rings. The molecule has 0 saturated carbocycles. The van der Waals surface area contributed by atoms with E-state index in [1.807, 2.05) is 34.6 Å². The molecular weight excluding hydrogens is 178 g/mol. The molecule has 1 rings (SSSR count). The summed E-state index contributed by atoms with van der Waals surface area (Å²) in [5.74, 6) is 1.55. The van der Waals surface area contributed by atoms with E-state index in [0.29, 0.717) is 17.6 Å². The van der Waals surface area contributed by atoms with E-state index in [-0.39, 0.29) is 11.5 Å². The van der Waals surface area contributed by atoms with Gasteiger partial charge < -0.3 is 10.3 Å². The lowest BCUT2D eigenvalue weighted by Gasteiger charge is -2.12. The molecule has 14 heavy (non-hydrogen) atoms. The Morgan fingerprint density at radius 1 is 1.29 bits per heavy atom. The second-order valence-electron chi connectivity index (χ2n) is 4.98. The van der Waals surface area contributed by atoms with Crippen molar-refractivity contribution in [2.24, 2.45) is 11.7 Å². The van der Waals surface area contributed by atoms with Gasteiger partial charge in [-0.1, -0.05) is 39.8 Å². The van der Waals surface area contributed by atoms with Crippen molar-refractivity contribution in [2.45, 2.75) is 46.1 Å². The second-order valence-corrected chi connectivity index (χ2v) is 4.98. The fourth-order valence-electron chi connectivity index (χ4n) is 0.960. The highest BCUT2D eigenvalue weighted by molar-refractivity contribution is 5.02. The van der Waals surface area contributed by atoms with E-state index in [0.717, 1.165) is 0 Å². The zero-order chi connectivity index (χ0) is 10.9. The minimum absolute atomic E-state index is 0.0849. The van der Waals surface area contributed by atoms with Gasteiger partial charge in [0.15, 0.2) is 5.82 Å². The molecule has 0 saturated heterocycles. The molecule has 4 heteroatoms. The van der Waals surface area contributed by atoms with Crippen molar-refractivity contribution in [3.8, 4) is 0 Å². The first kappa shape index (κ1) is 11.2. The Bertz CT molecular complexity index is 299. The molecule has 2 N–H and O–H groups in total. The van der Waals surface area contributed by atoms with E-state index >= 15 is 0 Å².